The molecule has 2 atom stereocenters. The van der Waals surface area contributed by atoms with E-state index in [2.05, 4.69) is 15.4 Å². The summed E-state index contributed by atoms with van der Waals surface area (Å²) in [7, 11) is -1.33. The van der Waals surface area contributed by atoms with Gasteiger partial charge in [-0.2, -0.15) is 0 Å². The Labute approximate surface area is 253 Å². The Morgan fingerprint density at radius 1 is 1.05 bits per heavy atom. The van der Waals surface area contributed by atoms with Gasteiger partial charge in [0.25, 0.3) is 0 Å². The average Bonchev–Trinajstić information content (AvgIpc) is 3.50. The molecule has 0 bridgehead atoms. The maximum atomic E-state index is 15.0. The van der Waals surface area contributed by atoms with Crippen molar-refractivity contribution < 1.29 is 41.1 Å². The van der Waals surface area contributed by atoms with Crippen molar-refractivity contribution in [2.45, 2.75) is 36.7 Å². The van der Waals surface area contributed by atoms with Gasteiger partial charge in [-0.15, -0.1) is 0 Å². The van der Waals surface area contributed by atoms with Crippen molar-refractivity contribution in [2.24, 2.45) is 5.73 Å². The van der Waals surface area contributed by atoms with Gasteiger partial charge in [-0.1, -0.05) is 13.0 Å². The first kappa shape index (κ1) is 32.2. The van der Waals surface area contributed by atoms with Crippen LogP contribution in [0, 0.1) is 11.6 Å². The second-order valence-electron chi connectivity index (χ2n) is 9.99. The molecular weight excluding hydrogens is 598 g/mol. The van der Waals surface area contributed by atoms with E-state index >= 15 is 0 Å². The molecule has 4 rings (SSSR count). The predicted molar refractivity (Wildman–Crippen MR) is 158 cm³/mol. The molecule has 0 spiro atoms. The number of primary amides is 1. The number of nitrogens with one attached hydrogen (secondary N) is 2. The van der Waals surface area contributed by atoms with Crippen molar-refractivity contribution in [2.75, 3.05) is 37.2 Å². The van der Waals surface area contributed by atoms with Crippen LogP contribution in [0.2, 0.25) is 0 Å². The molecule has 3 aromatic carbocycles. The SMILES string of the molecule is CCS(=O)(=O)c1ccc(NC(=O)OC)cc1[C@@H]1CCCN1C(=O)[C@H](Nc1cc(C(N)=O)ccc1F)c1ccc(F)c(OC)c1. The number of carbonyl (C=O) groups excluding carboxylic acids is 3. The maximum absolute atomic E-state index is 15.0. The van der Waals surface area contributed by atoms with E-state index in [4.69, 9.17) is 10.5 Å². The molecule has 14 heteroatoms. The molecule has 0 unspecified atom stereocenters. The van der Waals surface area contributed by atoms with Crippen LogP contribution in [-0.2, 0) is 19.4 Å². The number of amides is 3. The summed E-state index contributed by atoms with van der Waals surface area (Å²) in [4.78, 5) is 39.5. The number of anilines is 2. The molecule has 3 aromatic rings. The quantitative estimate of drug-likeness (QED) is 0.294. The summed E-state index contributed by atoms with van der Waals surface area (Å²) < 4.78 is 65.3. The molecule has 1 aliphatic heterocycles. The van der Waals surface area contributed by atoms with E-state index in [0.717, 1.165) is 18.2 Å². The van der Waals surface area contributed by atoms with Gasteiger partial charge in [-0.3, -0.25) is 14.9 Å². The van der Waals surface area contributed by atoms with Gasteiger partial charge in [0, 0.05) is 17.8 Å². The minimum Gasteiger partial charge on any atom is -0.494 e. The Morgan fingerprint density at radius 3 is 2.43 bits per heavy atom. The Balaban J connectivity index is 1.82. The predicted octanol–water partition coefficient (Wildman–Crippen LogP) is 4.56. The van der Waals surface area contributed by atoms with Crippen LogP contribution in [0.5, 0.6) is 5.75 Å². The third-order valence-electron chi connectivity index (χ3n) is 7.36. The highest BCUT2D eigenvalue weighted by Gasteiger charge is 2.38. The van der Waals surface area contributed by atoms with Crippen LogP contribution in [-0.4, -0.2) is 57.7 Å². The molecule has 0 aromatic heterocycles. The van der Waals surface area contributed by atoms with Gasteiger partial charge >= 0.3 is 6.09 Å². The Bertz CT molecular complexity index is 1700. The third kappa shape index (κ3) is 6.75. The van der Waals surface area contributed by atoms with E-state index in [1.165, 1.54) is 62.4 Å². The second kappa shape index (κ2) is 13.3. The van der Waals surface area contributed by atoms with E-state index < -0.39 is 51.5 Å². The maximum Gasteiger partial charge on any atom is 0.411 e. The Kier molecular flexibility index (Phi) is 9.72. The van der Waals surface area contributed by atoms with Crippen molar-refractivity contribution in [3.05, 3.63) is 82.9 Å². The number of nitrogens with zero attached hydrogens (tertiary/aromatic N) is 1. The number of nitrogens with two attached hydrogens (primary N) is 1. The molecular formula is C30H32F2N4O7S. The van der Waals surface area contributed by atoms with Crippen LogP contribution in [0.15, 0.2) is 59.5 Å². The van der Waals surface area contributed by atoms with Gasteiger partial charge < -0.3 is 25.4 Å². The molecule has 0 saturated carbocycles. The number of methoxy groups -OCH3 is 2. The number of halogens is 2. The molecule has 1 saturated heterocycles. The molecule has 3 amide bonds. The zero-order valence-electron chi connectivity index (χ0n) is 24.2. The number of rotatable bonds is 10. The molecule has 11 nitrogen and oxygen atoms in total. The summed E-state index contributed by atoms with van der Waals surface area (Å²) in [5, 5.41) is 5.35. The van der Waals surface area contributed by atoms with E-state index in [1.807, 2.05) is 0 Å². The lowest BCUT2D eigenvalue weighted by atomic mass is 10.0. The first-order valence-corrected chi connectivity index (χ1v) is 15.3. The summed E-state index contributed by atoms with van der Waals surface area (Å²) in [6, 6.07) is 9.29. The zero-order chi connectivity index (χ0) is 32.2. The highest BCUT2D eigenvalue weighted by Crippen LogP contribution is 2.40. The molecule has 44 heavy (non-hydrogen) atoms. The highest BCUT2D eigenvalue weighted by molar-refractivity contribution is 7.91. The van der Waals surface area contributed by atoms with E-state index in [1.54, 1.807) is 0 Å². The topological polar surface area (TPSA) is 157 Å². The van der Waals surface area contributed by atoms with Crippen LogP contribution < -0.4 is 21.1 Å². The first-order chi connectivity index (χ1) is 20.9. The summed E-state index contributed by atoms with van der Waals surface area (Å²) >= 11 is 0. The molecule has 234 valence electrons. The van der Waals surface area contributed by atoms with Gasteiger partial charge in [0.1, 0.15) is 11.9 Å². The largest absolute Gasteiger partial charge is 0.494 e. The van der Waals surface area contributed by atoms with E-state index in [-0.39, 0.29) is 51.0 Å². The zero-order valence-corrected chi connectivity index (χ0v) is 25.0. The van der Waals surface area contributed by atoms with Crippen LogP contribution in [0.1, 0.15) is 53.3 Å². The van der Waals surface area contributed by atoms with Gasteiger partial charge in [-0.05, 0) is 72.5 Å². The van der Waals surface area contributed by atoms with Crippen molar-refractivity contribution in [3.8, 4) is 5.75 Å². The first-order valence-electron chi connectivity index (χ1n) is 13.6. The monoisotopic (exact) mass is 630 g/mol. The molecule has 4 N–H and O–H groups in total. The number of hydrogen-bond donors (Lipinski definition) is 3. The summed E-state index contributed by atoms with van der Waals surface area (Å²) in [5.74, 6) is -3.24. The summed E-state index contributed by atoms with van der Waals surface area (Å²) in [5.41, 5.74) is 5.90. The molecule has 0 aliphatic carbocycles. The van der Waals surface area contributed by atoms with Crippen molar-refractivity contribution in [3.63, 3.8) is 0 Å². The third-order valence-corrected chi connectivity index (χ3v) is 9.16. The number of ether oxygens (including phenoxy) is 2. The van der Waals surface area contributed by atoms with Crippen molar-refractivity contribution in [1.82, 2.24) is 4.90 Å². The fourth-order valence-electron chi connectivity index (χ4n) is 5.10. The normalized spacial score (nSPS) is 15.4. The van der Waals surface area contributed by atoms with Crippen LogP contribution in [0.3, 0.4) is 0 Å². The minimum absolute atomic E-state index is 0.00622. The van der Waals surface area contributed by atoms with Crippen LogP contribution in [0.4, 0.5) is 25.0 Å². The summed E-state index contributed by atoms with van der Waals surface area (Å²) in [6.45, 7) is 1.71. The average molecular weight is 631 g/mol. The number of likely N-dealkylation sites (tertiary alicyclic amines) is 1. The van der Waals surface area contributed by atoms with Gasteiger partial charge in [0.05, 0.1) is 36.6 Å². The highest BCUT2D eigenvalue weighted by atomic mass is 32.2. The molecule has 0 radical (unpaired) electrons. The molecule has 1 aliphatic rings. The lowest BCUT2D eigenvalue weighted by Gasteiger charge is -2.31. The van der Waals surface area contributed by atoms with Crippen molar-refractivity contribution >= 4 is 39.1 Å². The number of sulfone groups is 1. The van der Waals surface area contributed by atoms with Crippen molar-refractivity contribution in [1.29, 1.82) is 0 Å². The van der Waals surface area contributed by atoms with Crippen LogP contribution >= 0.6 is 0 Å². The van der Waals surface area contributed by atoms with E-state index in [9.17, 15) is 31.6 Å². The lowest BCUT2D eigenvalue weighted by molar-refractivity contribution is -0.133. The smallest absolute Gasteiger partial charge is 0.411 e. The van der Waals surface area contributed by atoms with Gasteiger partial charge in [0.2, 0.25) is 11.8 Å². The summed E-state index contributed by atoms with van der Waals surface area (Å²) in [6.07, 6.45) is 0.114. The van der Waals surface area contributed by atoms with E-state index in [0.29, 0.717) is 12.8 Å². The fraction of sp³-hybridized carbons (Fsp3) is 0.300. The molecule has 1 fully saturated rings. The number of carbonyl (C=O) groups is 3. The Morgan fingerprint density at radius 2 is 1.77 bits per heavy atom. The second-order valence-corrected chi connectivity index (χ2v) is 12.2. The Hall–Kier alpha value is -4.72. The van der Waals surface area contributed by atoms with Gasteiger partial charge in [0.15, 0.2) is 21.4 Å². The lowest BCUT2D eigenvalue weighted by Crippen LogP contribution is -2.38. The van der Waals surface area contributed by atoms with Gasteiger partial charge in [-0.25, -0.2) is 22.0 Å². The fourth-order valence-corrected chi connectivity index (χ4v) is 6.24. The minimum atomic E-state index is -3.77. The van der Waals surface area contributed by atoms with Crippen LogP contribution in [0.25, 0.3) is 0 Å². The number of benzene rings is 3. The number of hydrogen-bond acceptors (Lipinski definition) is 8. The molecule has 1 heterocycles. The standard InChI is InChI=1S/C30H32F2N4O7S/c1-4-44(40,41)26-12-9-19(34-30(39)43-3)16-20(26)24-6-5-13-36(24)29(38)27(17-7-11-22(32)25(15-17)42-2)35-23-14-18(28(33)37)8-10-21(23)31/h7-12,14-16,24,27,35H,4-6,13H2,1-3H3,(H2,33,37)(H,34,39)/t24-,27+/m0/s1.